The van der Waals surface area contributed by atoms with Crippen LogP contribution in [0.3, 0.4) is 0 Å². The van der Waals surface area contributed by atoms with Crippen LogP contribution in [0.5, 0.6) is 0 Å². The molecule has 0 saturated carbocycles. The Labute approximate surface area is 127 Å². The zero-order chi connectivity index (χ0) is 15.0. The summed E-state index contributed by atoms with van der Waals surface area (Å²) < 4.78 is 1.45. The van der Waals surface area contributed by atoms with E-state index in [1.807, 2.05) is 6.92 Å². The Hall–Kier alpha value is -1.43. The Bertz CT molecular complexity index is 716. The molecule has 21 heavy (non-hydrogen) atoms. The molecule has 0 unspecified atom stereocenters. The Kier molecular flexibility index (Phi) is 3.73. The highest BCUT2D eigenvalue weighted by Crippen LogP contribution is 2.22. The van der Waals surface area contributed by atoms with Crippen molar-refractivity contribution in [3.63, 3.8) is 0 Å². The fraction of sp³-hybridized carbons (Fsp3) is 0.467. The highest BCUT2D eigenvalue weighted by molar-refractivity contribution is 6.30. The van der Waals surface area contributed by atoms with E-state index >= 15 is 0 Å². The van der Waals surface area contributed by atoms with Gasteiger partial charge in [-0.3, -0.25) is 14.1 Å². The molecule has 3 rings (SSSR count). The molecule has 0 aromatic carbocycles. The molecular formula is C15H18ClN3O2. The summed E-state index contributed by atoms with van der Waals surface area (Å²) in [5, 5.41) is 10.5. The van der Waals surface area contributed by atoms with E-state index in [9.17, 15) is 9.90 Å². The van der Waals surface area contributed by atoms with E-state index in [4.69, 9.17) is 11.6 Å². The fourth-order valence-electron chi connectivity index (χ4n) is 2.63. The SMILES string of the molecule is CC1(O)CCN(Cc2cc(=O)n3cc(Cl)ccc3n2)CC1. The van der Waals surface area contributed by atoms with Crippen LogP contribution in [0.2, 0.25) is 5.02 Å². The van der Waals surface area contributed by atoms with Crippen LogP contribution in [0.1, 0.15) is 25.5 Å². The molecule has 6 heteroatoms. The molecule has 0 spiro atoms. The van der Waals surface area contributed by atoms with Crippen LogP contribution < -0.4 is 5.56 Å². The number of likely N-dealkylation sites (tertiary alicyclic amines) is 1. The number of halogens is 1. The molecule has 0 aliphatic carbocycles. The van der Waals surface area contributed by atoms with Crippen LogP contribution >= 0.6 is 11.6 Å². The van der Waals surface area contributed by atoms with Crippen molar-refractivity contribution in [1.82, 2.24) is 14.3 Å². The average molecular weight is 308 g/mol. The van der Waals surface area contributed by atoms with E-state index in [-0.39, 0.29) is 5.56 Å². The van der Waals surface area contributed by atoms with Crippen molar-refractivity contribution in [2.75, 3.05) is 13.1 Å². The van der Waals surface area contributed by atoms with Crippen LogP contribution in [-0.4, -0.2) is 38.1 Å². The summed E-state index contributed by atoms with van der Waals surface area (Å²) >= 11 is 5.89. The number of fused-ring (bicyclic) bond motifs is 1. The number of aliphatic hydroxyl groups is 1. The molecule has 0 radical (unpaired) electrons. The van der Waals surface area contributed by atoms with Gasteiger partial charge in [-0.1, -0.05) is 11.6 Å². The van der Waals surface area contributed by atoms with Crippen molar-refractivity contribution in [2.45, 2.75) is 31.9 Å². The van der Waals surface area contributed by atoms with Crippen molar-refractivity contribution in [3.8, 4) is 0 Å². The first-order valence-electron chi connectivity index (χ1n) is 7.06. The second-order valence-electron chi connectivity index (χ2n) is 5.93. The van der Waals surface area contributed by atoms with Crippen molar-refractivity contribution in [1.29, 1.82) is 0 Å². The summed E-state index contributed by atoms with van der Waals surface area (Å²) in [6.45, 7) is 4.13. The number of aromatic nitrogens is 2. The summed E-state index contributed by atoms with van der Waals surface area (Å²) in [6.07, 6.45) is 3.07. The van der Waals surface area contributed by atoms with Gasteiger partial charge in [-0.2, -0.15) is 0 Å². The maximum atomic E-state index is 12.1. The summed E-state index contributed by atoms with van der Waals surface area (Å²) in [5.74, 6) is 0. The predicted molar refractivity (Wildman–Crippen MR) is 81.6 cm³/mol. The summed E-state index contributed by atoms with van der Waals surface area (Å²) in [5.41, 5.74) is 0.667. The summed E-state index contributed by atoms with van der Waals surface area (Å²) in [4.78, 5) is 18.8. The first-order valence-corrected chi connectivity index (χ1v) is 7.43. The minimum atomic E-state index is -0.566. The lowest BCUT2D eigenvalue weighted by Crippen LogP contribution is -2.42. The molecule has 0 amide bonds. The normalized spacial score (nSPS) is 19.0. The van der Waals surface area contributed by atoms with Gasteiger partial charge in [0, 0.05) is 31.9 Å². The lowest BCUT2D eigenvalue weighted by molar-refractivity contribution is -0.00757. The first-order chi connectivity index (χ1) is 9.93. The second-order valence-corrected chi connectivity index (χ2v) is 6.37. The van der Waals surface area contributed by atoms with Crippen molar-refractivity contribution < 1.29 is 5.11 Å². The minimum Gasteiger partial charge on any atom is -0.390 e. The summed E-state index contributed by atoms with van der Waals surface area (Å²) in [7, 11) is 0. The van der Waals surface area contributed by atoms with E-state index in [1.54, 1.807) is 24.4 Å². The van der Waals surface area contributed by atoms with E-state index in [0.717, 1.165) is 31.6 Å². The third-order valence-corrected chi connectivity index (χ3v) is 4.22. The van der Waals surface area contributed by atoms with E-state index in [0.29, 0.717) is 17.2 Å². The Balaban J connectivity index is 1.82. The van der Waals surface area contributed by atoms with Gasteiger partial charge in [0.25, 0.3) is 5.56 Å². The largest absolute Gasteiger partial charge is 0.390 e. The highest BCUT2D eigenvalue weighted by Gasteiger charge is 2.27. The molecule has 0 atom stereocenters. The minimum absolute atomic E-state index is 0.124. The third-order valence-electron chi connectivity index (χ3n) is 4.00. The predicted octanol–water partition coefficient (Wildman–Crippen LogP) is 1.69. The van der Waals surface area contributed by atoms with Gasteiger partial charge in [-0.25, -0.2) is 4.98 Å². The van der Waals surface area contributed by atoms with Gasteiger partial charge < -0.3 is 5.11 Å². The van der Waals surface area contributed by atoms with Crippen molar-refractivity contribution in [2.24, 2.45) is 0 Å². The smallest absolute Gasteiger partial charge is 0.258 e. The molecular weight excluding hydrogens is 290 g/mol. The number of piperidine rings is 1. The van der Waals surface area contributed by atoms with Crippen LogP contribution in [0, 0.1) is 0 Å². The standard InChI is InChI=1S/C15H18ClN3O2/c1-15(21)4-6-18(7-5-15)10-12-8-14(20)19-9-11(16)2-3-13(19)17-12/h2-3,8-9,21H,4-7,10H2,1H3. The van der Waals surface area contributed by atoms with Gasteiger partial charge >= 0.3 is 0 Å². The summed E-state index contributed by atoms with van der Waals surface area (Å²) in [6, 6.07) is 5.02. The van der Waals surface area contributed by atoms with E-state index in [1.165, 1.54) is 4.40 Å². The lowest BCUT2D eigenvalue weighted by Gasteiger charge is -2.35. The molecule has 112 valence electrons. The number of hydrogen-bond acceptors (Lipinski definition) is 4. The van der Waals surface area contributed by atoms with Gasteiger partial charge in [0.05, 0.1) is 16.3 Å². The molecule has 1 aliphatic heterocycles. The van der Waals surface area contributed by atoms with Crippen LogP contribution in [-0.2, 0) is 6.54 Å². The Morgan fingerprint density at radius 2 is 2.10 bits per heavy atom. The van der Waals surface area contributed by atoms with E-state index in [2.05, 4.69) is 9.88 Å². The molecule has 1 aliphatic rings. The van der Waals surface area contributed by atoms with Crippen molar-refractivity contribution >= 4 is 17.2 Å². The van der Waals surface area contributed by atoms with Gasteiger partial charge in [-0.15, -0.1) is 0 Å². The number of hydrogen-bond donors (Lipinski definition) is 1. The Morgan fingerprint density at radius 3 is 2.81 bits per heavy atom. The van der Waals surface area contributed by atoms with Gasteiger partial charge in [-0.05, 0) is 31.9 Å². The molecule has 3 heterocycles. The zero-order valence-corrected chi connectivity index (χ0v) is 12.7. The third kappa shape index (κ3) is 3.26. The molecule has 1 saturated heterocycles. The quantitative estimate of drug-likeness (QED) is 0.917. The maximum Gasteiger partial charge on any atom is 0.258 e. The number of pyridine rings is 1. The average Bonchev–Trinajstić information content (AvgIpc) is 2.42. The molecule has 2 aromatic heterocycles. The van der Waals surface area contributed by atoms with Gasteiger partial charge in [0.2, 0.25) is 0 Å². The molecule has 2 aromatic rings. The first kappa shape index (κ1) is 14.5. The topological polar surface area (TPSA) is 57.8 Å². The van der Waals surface area contributed by atoms with Crippen LogP contribution in [0.25, 0.3) is 5.65 Å². The molecule has 0 bridgehead atoms. The maximum absolute atomic E-state index is 12.1. The molecule has 1 N–H and O–H groups in total. The monoisotopic (exact) mass is 307 g/mol. The lowest BCUT2D eigenvalue weighted by atomic mass is 9.94. The van der Waals surface area contributed by atoms with Gasteiger partial charge in [0.15, 0.2) is 0 Å². The fourth-order valence-corrected chi connectivity index (χ4v) is 2.79. The zero-order valence-electron chi connectivity index (χ0n) is 11.9. The molecule has 1 fully saturated rings. The second kappa shape index (κ2) is 5.40. The number of rotatable bonds is 2. The van der Waals surface area contributed by atoms with E-state index < -0.39 is 5.60 Å². The van der Waals surface area contributed by atoms with Crippen LogP contribution in [0.4, 0.5) is 0 Å². The van der Waals surface area contributed by atoms with Crippen LogP contribution in [0.15, 0.2) is 29.2 Å². The molecule has 5 nitrogen and oxygen atoms in total. The van der Waals surface area contributed by atoms with Crippen molar-refractivity contribution in [3.05, 3.63) is 45.5 Å². The van der Waals surface area contributed by atoms with Gasteiger partial charge in [0.1, 0.15) is 5.65 Å². The highest BCUT2D eigenvalue weighted by atomic mass is 35.5. The number of nitrogens with zero attached hydrogens (tertiary/aromatic N) is 3. The Morgan fingerprint density at radius 1 is 1.38 bits per heavy atom.